The summed E-state index contributed by atoms with van der Waals surface area (Å²) in [6, 6.07) is 5.59. The molecule has 0 amide bonds. The number of ether oxygens (including phenoxy) is 1. The highest BCUT2D eigenvalue weighted by atomic mass is 79.9. The summed E-state index contributed by atoms with van der Waals surface area (Å²) in [6.07, 6.45) is 3.61. The van der Waals surface area contributed by atoms with E-state index in [1.165, 1.54) is 0 Å². The summed E-state index contributed by atoms with van der Waals surface area (Å²) in [5.74, 6) is -0.952. The Balaban J connectivity index is 0.00000144. The Bertz CT molecular complexity index is 253. The van der Waals surface area contributed by atoms with Crippen LogP contribution in [0.4, 0.5) is 0 Å². The second-order valence-electron chi connectivity index (χ2n) is 2.26. The molecule has 0 radical (unpaired) electrons. The van der Waals surface area contributed by atoms with Gasteiger partial charge in [-0.3, -0.25) is 0 Å². The molecule has 1 aromatic heterocycles. The quantitative estimate of drug-likeness (QED) is 0.579. The van der Waals surface area contributed by atoms with Gasteiger partial charge in [0.25, 0.3) is 6.73 Å². The number of carbonyl (C=O) groups is 1. The summed E-state index contributed by atoms with van der Waals surface area (Å²) >= 11 is 0. The lowest BCUT2D eigenvalue weighted by atomic mass is 10.5. The largest absolute Gasteiger partial charge is 1.00 e. The minimum Gasteiger partial charge on any atom is -1.00 e. The number of nitrogens with zero attached hydrogens (tertiary/aromatic N) is 1. The van der Waals surface area contributed by atoms with Crippen molar-refractivity contribution in [3.05, 3.63) is 30.6 Å². The Morgan fingerprint density at radius 1 is 1.31 bits per heavy atom. The monoisotopic (exact) mass is 247 g/mol. The molecule has 0 spiro atoms. The van der Waals surface area contributed by atoms with Gasteiger partial charge in [0.2, 0.25) is 0 Å². The number of halogens is 1. The minimum absolute atomic E-state index is 0. The highest BCUT2D eigenvalue weighted by Crippen LogP contribution is 1.78. The van der Waals surface area contributed by atoms with Crippen LogP contribution in [0.2, 0.25) is 0 Å². The van der Waals surface area contributed by atoms with Gasteiger partial charge in [-0.05, 0) is 0 Å². The molecule has 0 aromatic carbocycles. The fraction of sp³-hybridized carbons (Fsp3) is 0.250. The van der Waals surface area contributed by atoms with Crippen LogP contribution in [-0.4, -0.2) is 17.7 Å². The molecule has 4 nitrogen and oxygen atoms in total. The average Bonchev–Trinajstić information content (AvgIpc) is 2.05. The van der Waals surface area contributed by atoms with Gasteiger partial charge < -0.3 is 26.8 Å². The van der Waals surface area contributed by atoms with Crippen molar-refractivity contribution >= 4 is 5.97 Å². The van der Waals surface area contributed by atoms with Crippen LogP contribution in [0.3, 0.4) is 0 Å². The highest BCUT2D eigenvalue weighted by Gasteiger charge is 2.00. The first-order valence-electron chi connectivity index (χ1n) is 3.52. The number of hydrogen-bond donors (Lipinski definition) is 1. The minimum atomic E-state index is -0.952. The lowest BCUT2D eigenvalue weighted by Gasteiger charge is -1.95. The summed E-state index contributed by atoms with van der Waals surface area (Å²) in [5, 5.41) is 8.26. The van der Waals surface area contributed by atoms with E-state index in [1.807, 2.05) is 30.6 Å². The van der Waals surface area contributed by atoms with Crippen LogP contribution in [0, 0.1) is 0 Å². The van der Waals surface area contributed by atoms with Gasteiger partial charge in [0, 0.05) is 12.1 Å². The Morgan fingerprint density at radius 2 is 1.92 bits per heavy atom. The number of carboxylic acid groups (broad SMARTS) is 1. The molecular weight excluding hydrogens is 238 g/mol. The van der Waals surface area contributed by atoms with Crippen LogP contribution in [0.1, 0.15) is 0 Å². The zero-order chi connectivity index (χ0) is 8.81. The third-order valence-corrected chi connectivity index (χ3v) is 1.24. The average molecular weight is 248 g/mol. The van der Waals surface area contributed by atoms with Crippen LogP contribution in [0.25, 0.3) is 0 Å². The van der Waals surface area contributed by atoms with Gasteiger partial charge in [-0.25, -0.2) is 4.79 Å². The molecule has 1 aromatic rings. The molecule has 1 N–H and O–H groups in total. The van der Waals surface area contributed by atoms with Crippen molar-refractivity contribution in [2.24, 2.45) is 0 Å². The zero-order valence-electron chi connectivity index (χ0n) is 6.89. The van der Waals surface area contributed by atoms with Crippen LogP contribution in [0.5, 0.6) is 0 Å². The fourth-order valence-electron chi connectivity index (χ4n) is 0.759. The summed E-state index contributed by atoms with van der Waals surface area (Å²) in [4.78, 5) is 10.1. The number of carboxylic acids is 1. The Kier molecular flexibility index (Phi) is 6.09. The van der Waals surface area contributed by atoms with Gasteiger partial charge in [-0.15, -0.1) is 0 Å². The molecule has 0 fully saturated rings. The van der Waals surface area contributed by atoms with E-state index in [9.17, 15) is 4.79 Å². The van der Waals surface area contributed by atoms with E-state index in [0.29, 0.717) is 0 Å². The van der Waals surface area contributed by atoms with Gasteiger partial charge in [-0.2, -0.15) is 4.57 Å². The first kappa shape index (κ1) is 12.1. The molecule has 0 aliphatic rings. The fourth-order valence-corrected chi connectivity index (χ4v) is 0.759. The van der Waals surface area contributed by atoms with Crippen molar-refractivity contribution in [1.82, 2.24) is 0 Å². The number of hydrogen-bond acceptors (Lipinski definition) is 2. The van der Waals surface area contributed by atoms with Crippen molar-refractivity contribution in [3.63, 3.8) is 0 Å². The molecule has 72 valence electrons. The molecule has 0 saturated carbocycles. The smallest absolute Gasteiger partial charge is 0.329 e. The Hall–Kier alpha value is -0.940. The Labute approximate surface area is 86.5 Å². The molecule has 13 heavy (non-hydrogen) atoms. The molecule has 0 aliphatic heterocycles. The molecule has 0 unspecified atom stereocenters. The van der Waals surface area contributed by atoms with Gasteiger partial charge in [0.05, 0.1) is 0 Å². The van der Waals surface area contributed by atoms with Gasteiger partial charge in [0.15, 0.2) is 19.0 Å². The first-order chi connectivity index (χ1) is 5.79. The van der Waals surface area contributed by atoms with Crippen LogP contribution >= 0.6 is 0 Å². The normalized spacial score (nSPS) is 8.92. The van der Waals surface area contributed by atoms with E-state index >= 15 is 0 Å². The van der Waals surface area contributed by atoms with Gasteiger partial charge >= 0.3 is 5.97 Å². The van der Waals surface area contributed by atoms with Crippen molar-refractivity contribution in [1.29, 1.82) is 0 Å². The molecule has 0 bridgehead atoms. The Morgan fingerprint density at radius 3 is 2.46 bits per heavy atom. The van der Waals surface area contributed by atoms with Gasteiger partial charge in [-0.1, -0.05) is 6.07 Å². The summed E-state index contributed by atoms with van der Waals surface area (Å²) in [6.45, 7) is 0.00896. The molecular formula is C8H10BrNO3. The predicted octanol–water partition coefficient (Wildman–Crippen LogP) is -2.96. The van der Waals surface area contributed by atoms with Crippen molar-refractivity contribution in [2.75, 3.05) is 6.61 Å². The summed E-state index contributed by atoms with van der Waals surface area (Å²) < 4.78 is 6.60. The standard InChI is InChI=1S/C8H9NO3.BrH/c10-8(11)6-12-7-9-4-2-1-3-5-9;/h1-5H,6-7H2;1H. The third kappa shape index (κ3) is 5.32. The maximum Gasteiger partial charge on any atom is 0.329 e. The molecule has 0 atom stereocenters. The molecule has 1 rings (SSSR count). The van der Waals surface area contributed by atoms with Crippen molar-refractivity contribution < 1.29 is 36.2 Å². The van der Waals surface area contributed by atoms with E-state index in [2.05, 4.69) is 0 Å². The predicted molar refractivity (Wildman–Crippen MR) is 40.2 cm³/mol. The number of aliphatic carboxylic acids is 1. The van der Waals surface area contributed by atoms with Crippen molar-refractivity contribution in [3.8, 4) is 0 Å². The van der Waals surface area contributed by atoms with E-state index in [1.54, 1.807) is 4.57 Å². The number of pyridine rings is 1. The van der Waals surface area contributed by atoms with Crippen LogP contribution < -0.4 is 21.5 Å². The molecule has 1 heterocycles. The van der Waals surface area contributed by atoms with E-state index in [0.717, 1.165) is 0 Å². The lowest BCUT2D eigenvalue weighted by Crippen LogP contribution is -3.00. The zero-order valence-corrected chi connectivity index (χ0v) is 8.48. The second-order valence-corrected chi connectivity index (χ2v) is 2.26. The number of aromatic nitrogens is 1. The van der Waals surface area contributed by atoms with E-state index < -0.39 is 5.97 Å². The van der Waals surface area contributed by atoms with Gasteiger partial charge in [0.1, 0.15) is 0 Å². The number of rotatable bonds is 4. The topological polar surface area (TPSA) is 50.4 Å². The summed E-state index contributed by atoms with van der Waals surface area (Å²) in [5.41, 5.74) is 0. The molecule has 0 aliphatic carbocycles. The van der Waals surface area contributed by atoms with E-state index in [-0.39, 0.29) is 30.3 Å². The first-order valence-corrected chi connectivity index (χ1v) is 3.52. The maximum atomic E-state index is 10.1. The highest BCUT2D eigenvalue weighted by molar-refractivity contribution is 5.67. The van der Waals surface area contributed by atoms with Crippen LogP contribution in [-0.2, 0) is 16.3 Å². The van der Waals surface area contributed by atoms with E-state index in [4.69, 9.17) is 9.84 Å². The van der Waals surface area contributed by atoms with Crippen LogP contribution in [0.15, 0.2) is 30.6 Å². The third-order valence-electron chi connectivity index (χ3n) is 1.24. The van der Waals surface area contributed by atoms with Crippen molar-refractivity contribution in [2.45, 2.75) is 6.73 Å². The second kappa shape index (κ2) is 6.56. The SMILES string of the molecule is O=C(O)COC[n+]1ccccc1.[Br-]. The maximum absolute atomic E-state index is 10.1. The molecule has 0 saturated heterocycles. The lowest BCUT2D eigenvalue weighted by molar-refractivity contribution is -0.732. The molecule has 5 heteroatoms. The summed E-state index contributed by atoms with van der Waals surface area (Å²) in [7, 11) is 0.